The van der Waals surface area contributed by atoms with Crippen molar-refractivity contribution in [3.05, 3.63) is 108 Å². The standard InChI is InChI=1S/C26H28O2/c1-2-15-27-25(21-9-5-3-6-10-21)17-20-13-14-23-18-26(28-19-24(23)16-20)22-11-7-4-8-12-22/h2-14,24-26H,1,15-19H2/t24-,25?,26-/m1/s1. The average molecular weight is 373 g/mol. The highest BCUT2D eigenvalue weighted by atomic mass is 16.5. The molecule has 2 aromatic rings. The molecule has 1 saturated heterocycles. The Kier molecular flexibility index (Phi) is 6.20. The van der Waals surface area contributed by atoms with Crippen molar-refractivity contribution in [3.63, 3.8) is 0 Å². The first-order valence-corrected chi connectivity index (χ1v) is 10.2. The first-order chi connectivity index (χ1) is 13.8. The lowest BCUT2D eigenvalue weighted by atomic mass is 9.80. The van der Waals surface area contributed by atoms with Gasteiger partial charge >= 0.3 is 0 Å². The van der Waals surface area contributed by atoms with Gasteiger partial charge in [-0.1, -0.05) is 90.0 Å². The lowest BCUT2D eigenvalue weighted by molar-refractivity contribution is 0.00730. The van der Waals surface area contributed by atoms with Gasteiger partial charge in [0.1, 0.15) is 0 Å². The monoisotopic (exact) mass is 372 g/mol. The van der Waals surface area contributed by atoms with E-state index in [0.29, 0.717) is 12.5 Å². The zero-order chi connectivity index (χ0) is 19.2. The van der Waals surface area contributed by atoms with Crippen LogP contribution in [0.4, 0.5) is 0 Å². The first-order valence-electron chi connectivity index (χ1n) is 10.2. The third kappa shape index (κ3) is 4.52. The number of rotatable bonds is 7. The highest BCUT2D eigenvalue weighted by molar-refractivity contribution is 5.31. The van der Waals surface area contributed by atoms with Crippen LogP contribution in [-0.4, -0.2) is 13.2 Å². The van der Waals surface area contributed by atoms with Gasteiger partial charge in [0.2, 0.25) is 0 Å². The zero-order valence-electron chi connectivity index (χ0n) is 16.3. The minimum Gasteiger partial charge on any atom is -0.373 e. The number of allylic oxidation sites excluding steroid dienone is 2. The molecule has 2 nitrogen and oxygen atoms in total. The van der Waals surface area contributed by atoms with Gasteiger partial charge < -0.3 is 9.47 Å². The van der Waals surface area contributed by atoms with Crippen LogP contribution in [-0.2, 0) is 9.47 Å². The molecule has 2 heteroatoms. The fourth-order valence-electron chi connectivity index (χ4n) is 4.18. The van der Waals surface area contributed by atoms with Crippen molar-refractivity contribution in [1.82, 2.24) is 0 Å². The number of benzene rings is 2. The fourth-order valence-corrected chi connectivity index (χ4v) is 4.18. The maximum absolute atomic E-state index is 6.22. The van der Waals surface area contributed by atoms with E-state index in [-0.39, 0.29) is 12.2 Å². The van der Waals surface area contributed by atoms with Crippen molar-refractivity contribution in [2.24, 2.45) is 5.92 Å². The van der Waals surface area contributed by atoms with Crippen molar-refractivity contribution in [2.75, 3.05) is 13.2 Å². The molecule has 0 bridgehead atoms. The Morgan fingerprint density at radius 1 is 1.00 bits per heavy atom. The number of hydrogen-bond donors (Lipinski definition) is 0. The molecule has 4 rings (SSSR count). The van der Waals surface area contributed by atoms with Crippen molar-refractivity contribution >= 4 is 0 Å². The summed E-state index contributed by atoms with van der Waals surface area (Å²) in [5.74, 6) is 0.496. The Balaban J connectivity index is 1.46. The second-order valence-corrected chi connectivity index (χ2v) is 7.63. The largest absolute Gasteiger partial charge is 0.373 e. The second-order valence-electron chi connectivity index (χ2n) is 7.63. The average Bonchev–Trinajstić information content (AvgIpc) is 2.77. The molecule has 28 heavy (non-hydrogen) atoms. The van der Waals surface area contributed by atoms with E-state index < -0.39 is 0 Å². The molecule has 1 heterocycles. The number of ether oxygens (including phenoxy) is 2. The van der Waals surface area contributed by atoms with Crippen LogP contribution in [0, 0.1) is 5.92 Å². The van der Waals surface area contributed by atoms with Crippen LogP contribution in [0.5, 0.6) is 0 Å². The zero-order valence-corrected chi connectivity index (χ0v) is 16.3. The summed E-state index contributed by atoms with van der Waals surface area (Å²) in [6, 6.07) is 21.0. The summed E-state index contributed by atoms with van der Waals surface area (Å²) in [6.07, 6.45) is 9.70. The Labute approximate surface area is 168 Å². The molecule has 0 radical (unpaired) electrons. The molecule has 0 saturated carbocycles. The van der Waals surface area contributed by atoms with E-state index in [0.717, 1.165) is 25.9 Å². The van der Waals surface area contributed by atoms with E-state index in [1.165, 1.54) is 22.3 Å². The van der Waals surface area contributed by atoms with Gasteiger partial charge in [0.15, 0.2) is 0 Å². The van der Waals surface area contributed by atoms with Gasteiger partial charge in [0, 0.05) is 5.92 Å². The summed E-state index contributed by atoms with van der Waals surface area (Å²) in [7, 11) is 0. The fraction of sp³-hybridized carbons (Fsp3) is 0.308. The van der Waals surface area contributed by atoms with Crippen LogP contribution >= 0.6 is 0 Å². The molecule has 144 valence electrons. The number of fused-ring (bicyclic) bond motifs is 1. The highest BCUT2D eigenvalue weighted by Crippen LogP contribution is 2.41. The quantitative estimate of drug-likeness (QED) is 0.527. The Morgan fingerprint density at radius 3 is 2.50 bits per heavy atom. The Bertz CT molecular complexity index is 835. The van der Waals surface area contributed by atoms with Crippen LogP contribution in [0.15, 0.2) is 96.6 Å². The first kappa shape index (κ1) is 18.9. The summed E-state index contributed by atoms with van der Waals surface area (Å²) in [5.41, 5.74) is 5.46. The number of hydrogen-bond acceptors (Lipinski definition) is 2. The van der Waals surface area contributed by atoms with Gasteiger partial charge in [-0.15, -0.1) is 6.58 Å². The van der Waals surface area contributed by atoms with Crippen LogP contribution in [0.3, 0.4) is 0 Å². The normalized spacial score (nSPS) is 22.6. The van der Waals surface area contributed by atoms with Crippen LogP contribution in [0.25, 0.3) is 0 Å². The van der Waals surface area contributed by atoms with Gasteiger partial charge in [0.05, 0.1) is 25.4 Å². The molecule has 0 N–H and O–H groups in total. The lowest BCUT2D eigenvalue weighted by Crippen LogP contribution is -2.25. The molecule has 0 aromatic heterocycles. The van der Waals surface area contributed by atoms with E-state index in [2.05, 4.69) is 73.3 Å². The summed E-state index contributed by atoms with van der Waals surface area (Å²) in [4.78, 5) is 0. The SMILES string of the molecule is C=CCOC(CC1=CC=C2C[C@H](c3ccccc3)OC[C@H]2C1)c1ccccc1. The lowest BCUT2D eigenvalue weighted by Gasteiger charge is -2.35. The van der Waals surface area contributed by atoms with E-state index in [1.807, 2.05) is 12.1 Å². The van der Waals surface area contributed by atoms with E-state index in [9.17, 15) is 0 Å². The van der Waals surface area contributed by atoms with Crippen molar-refractivity contribution in [2.45, 2.75) is 31.5 Å². The van der Waals surface area contributed by atoms with E-state index in [1.54, 1.807) is 0 Å². The summed E-state index contributed by atoms with van der Waals surface area (Å²) < 4.78 is 12.3. The van der Waals surface area contributed by atoms with Gasteiger partial charge in [-0.05, 0) is 30.4 Å². The molecule has 1 aliphatic carbocycles. The minimum absolute atomic E-state index is 0.0713. The predicted molar refractivity (Wildman–Crippen MR) is 114 cm³/mol. The van der Waals surface area contributed by atoms with E-state index in [4.69, 9.17) is 9.47 Å². The van der Waals surface area contributed by atoms with E-state index >= 15 is 0 Å². The molecule has 2 aliphatic rings. The van der Waals surface area contributed by atoms with Gasteiger partial charge in [-0.2, -0.15) is 0 Å². The predicted octanol–water partition coefficient (Wildman–Crippen LogP) is 6.35. The smallest absolute Gasteiger partial charge is 0.0866 e. The molecule has 1 unspecified atom stereocenters. The van der Waals surface area contributed by atoms with Gasteiger partial charge in [-0.3, -0.25) is 0 Å². The highest BCUT2D eigenvalue weighted by Gasteiger charge is 2.29. The van der Waals surface area contributed by atoms with Crippen molar-refractivity contribution in [1.29, 1.82) is 0 Å². The third-order valence-corrected chi connectivity index (χ3v) is 5.69. The van der Waals surface area contributed by atoms with Crippen LogP contribution in [0.1, 0.15) is 42.6 Å². The Hall–Kier alpha value is -2.42. The topological polar surface area (TPSA) is 18.5 Å². The molecule has 1 aliphatic heterocycles. The maximum Gasteiger partial charge on any atom is 0.0866 e. The minimum atomic E-state index is 0.0713. The summed E-state index contributed by atoms with van der Waals surface area (Å²) in [6.45, 7) is 5.16. The summed E-state index contributed by atoms with van der Waals surface area (Å²) in [5, 5.41) is 0. The molecule has 0 spiro atoms. The molecule has 3 atom stereocenters. The summed E-state index contributed by atoms with van der Waals surface area (Å²) >= 11 is 0. The molecule has 2 aromatic carbocycles. The van der Waals surface area contributed by atoms with Gasteiger partial charge in [-0.25, -0.2) is 0 Å². The molecular formula is C26H28O2. The third-order valence-electron chi connectivity index (χ3n) is 5.69. The van der Waals surface area contributed by atoms with Crippen molar-refractivity contribution in [3.8, 4) is 0 Å². The van der Waals surface area contributed by atoms with Crippen LogP contribution < -0.4 is 0 Å². The Morgan fingerprint density at radius 2 is 1.75 bits per heavy atom. The van der Waals surface area contributed by atoms with Crippen molar-refractivity contribution < 1.29 is 9.47 Å². The maximum atomic E-state index is 6.22. The molecule has 1 fully saturated rings. The van der Waals surface area contributed by atoms with Crippen LogP contribution in [0.2, 0.25) is 0 Å². The molecular weight excluding hydrogens is 344 g/mol. The molecule has 0 amide bonds. The second kappa shape index (κ2) is 9.18. The van der Waals surface area contributed by atoms with Gasteiger partial charge in [0.25, 0.3) is 0 Å².